The molecular weight excluding hydrogens is 180 g/mol. The summed E-state index contributed by atoms with van der Waals surface area (Å²) < 4.78 is 2.14. The highest BCUT2D eigenvalue weighted by Crippen LogP contribution is 2.33. The lowest BCUT2D eigenvalue weighted by Gasteiger charge is -2.02. The van der Waals surface area contributed by atoms with E-state index < -0.39 is 0 Å². The molecule has 0 saturated heterocycles. The number of hydrogen-bond acceptors (Lipinski definition) is 2. The fourth-order valence-corrected chi connectivity index (χ4v) is 2.87. The molecule has 2 aromatic rings. The average Bonchev–Trinajstić information content (AvgIpc) is 2.78. The first-order chi connectivity index (χ1) is 6.43. The minimum absolute atomic E-state index is 0.743. The molecule has 2 heterocycles. The van der Waals surface area contributed by atoms with Crippen LogP contribution in [0.4, 0.5) is 0 Å². The summed E-state index contributed by atoms with van der Waals surface area (Å²) in [4.78, 5) is 5.78. The average molecular weight is 192 g/mol. The van der Waals surface area contributed by atoms with Crippen molar-refractivity contribution in [2.24, 2.45) is 0 Å². The SMILES string of the molecule is c1cn2cc(C3CCCC3)nc2s1. The Morgan fingerprint density at radius 3 is 3.00 bits per heavy atom. The van der Waals surface area contributed by atoms with Crippen molar-refractivity contribution in [1.29, 1.82) is 0 Å². The summed E-state index contributed by atoms with van der Waals surface area (Å²) in [6.07, 6.45) is 9.73. The molecule has 68 valence electrons. The molecule has 0 spiro atoms. The Balaban J connectivity index is 2.02. The van der Waals surface area contributed by atoms with Gasteiger partial charge in [0.1, 0.15) is 0 Å². The molecule has 0 amide bonds. The molecule has 1 aliphatic carbocycles. The molecular formula is C10H12N2S. The second-order valence-corrected chi connectivity index (χ2v) is 4.61. The van der Waals surface area contributed by atoms with Crippen LogP contribution in [0.1, 0.15) is 37.3 Å². The fraction of sp³-hybridized carbons (Fsp3) is 0.500. The van der Waals surface area contributed by atoms with Crippen molar-refractivity contribution in [2.45, 2.75) is 31.6 Å². The van der Waals surface area contributed by atoms with Crippen molar-refractivity contribution in [3.63, 3.8) is 0 Å². The molecule has 1 saturated carbocycles. The first-order valence-electron chi connectivity index (χ1n) is 4.85. The Bertz CT molecular complexity index is 381. The van der Waals surface area contributed by atoms with E-state index in [-0.39, 0.29) is 0 Å². The molecule has 0 unspecified atom stereocenters. The van der Waals surface area contributed by atoms with Crippen LogP contribution >= 0.6 is 11.3 Å². The maximum absolute atomic E-state index is 4.64. The van der Waals surface area contributed by atoms with Crippen LogP contribution in [0.5, 0.6) is 0 Å². The van der Waals surface area contributed by atoms with Gasteiger partial charge in [-0.1, -0.05) is 12.8 Å². The zero-order valence-electron chi connectivity index (χ0n) is 7.44. The topological polar surface area (TPSA) is 17.3 Å². The largest absolute Gasteiger partial charge is 0.297 e. The number of rotatable bonds is 1. The van der Waals surface area contributed by atoms with Gasteiger partial charge < -0.3 is 0 Å². The molecule has 0 atom stereocenters. The molecule has 1 fully saturated rings. The third-order valence-electron chi connectivity index (χ3n) is 2.89. The molecule has 1 aliphatic rings. The van der Waals surface area contributed by atoms with E-state index >= 15 is 0 Å². The molecule has 0 radical (unpaired) electrons. The summed E-state index contributed by atoms with van der Waals surface area (Å²) in [7, 11) is 0. The molecule has 13 heavy (non-hydrogen) atoms. The lowest BCUT2D eigenvalue weighted by Crippen LogP contribution is -1.91. The summed E-state index contributed by atoms with van der Waals surface area (Å²) in [5, 5.41) is 2.08. The van der Waals surface area contributed by atoms with Crippen LogP contribution in [-0.4, -0.2) is 9.38 Å². The highest BCUT2D eigenvalue weighted by molar-refractivity contribution is 7.15. The Labute approximate surface area is 81.2 Å². The Hall–Kier alpha value is -0.830. The third-order valence-corrected chi connectivity index (χ3v) is 3.66. The molecule has 2 nitrogen and oxygen atoms in total. The van der Waals surface area contributed by atoms with Crippen LogP contribution in [0.25, 0.3) is 4.96 Å². The van der Waals surface area contributed by atoms with Crippen LogP contribution in [-0.2, 0) is 0 Å². The van der Waals surface area contributed by atoms with Crippen LogP contribution in [0.15, 0.2) is 17.8 Å². The van der Waals surface area contributed by atoms with E-state index in [0.29, 0.717) is 0 Å². The van der Waals surface area contributed by atoms with Gasteiger partial charge in [-0.15, -0.1) is 11.3 Å². The van der Waals surface area contributed by atoms with Gasteiger partial charge in [0.05, 0.1) is 5.69 Å². The molecule has 3 rings (SSSR count). The van der Waals surface area contributed by atoms with Gasteiger partial charge in [-0.05, 0) is 12.8 Å². The molecule has 0 N–H and O–H groups in total. The zero-order chi connectivity index (χ0) is 8.67. The van der Waals surface area contributed by atoms with E-state index in [1.807, 2.05) is 0 Å². The van der Waals surface area contributed by atoms with E-state index in [9.17, 15) is 0 Å². The smallest absolute Gasteiger partial charge is 0.193 e. The van der Waals surface area contributed by atoms with Crippen LogP contribution < -0.4 is 0 Å². The third kappa shape index (κ3) is 1.18. The van der Waals surface area contributed by atoms with Crippen molar-refractivity contribution < 1.29 is 0 Å². The first kappa shape index (κ1) is 7.56. The summed E-state index contributed by atoms with van der Waals surface area (Å²) in [6.45, 7) is 0. The second kappa shape index (κ2) is 2.84. The van der Waals surface area contributed by atoms with Gasteiger partial charge >= 0.3 is 0 Å². The molecule has 0 aromatic carbocycles. The molecule has 3 heteroatoms. The van der Waals surface area contributed by atoms with Crippen molar-refractivity contribution in [2.75, 3.05) is 0 Å². The maximum Gasteiger partial charge on any atom is 0.193 e. The van der Waals surface area contributed by atoms with E-state index in [2.05, 4.69) is 27.2 Å². The van der Waals surface area contributed by atoms with Gasteiger partial charge in [0.25, 0.3) is 0 Å². The normalized spacial score (nSPS) is 18.8. The minimum Gasteiger partial charge on any atom is -0.297 e. The predicted octanol–water partition coefficient (Wildman–Crippen LogP) is 3.05. The number of thiazole rings is 1. The van der Waals surface area contributed by atoms with E-state index in [0.717, 1.165) is 10.9 Å². The Morgan fingerprint density at radius 1 is 1.38 bits per heavy atom. The number of imidazole rings is 1. The molecule has 0 aliphatic heterocycles. The van der Waals surface area contributed by atoms with E-state index in [1.54, 1.807) is 11.3 Å². The van der Waals surface area contributed by atoms with Gasteiger partial charge in [-0.25, -0.2) is 4.98 Å². The number of hydrogen-bond donors (Lipinski definition) is 0. The number of aromatic nitrogens is 2. The highest BCUT2D eigenvalue weighted by atomic mass is 32.1. The van der Waals surface area contributed by atoms with Gasteiger partial charge in [0.15, 0.2) is 4.96 Å². The fourth-order valence-electron chi connectivity index (χ4n) is 2.16. The lowest BCUT2D eigenvalue weighted by atomic mass is 10.1. The zero-order valence-corrected chi connectivity index (χ0v) is 8.26. The Kier molecular flexibility index (Phi) is 1.65. The summed E-state index contributed by atoms with van der Waals surface area (Å²) in [6, 6.07) is 0. The quantitative estimate of drug-likeness (QED) is 0.678. The van der Waals surface area contributed by atoms with Gasteiger partial charge in [-0.2, -0.15) is 0 Å². The minimum atomic E-state index is 0.743. The van der Waals surface area contributed by atoms with Crippen molar-refractivity contribution in [3.8, 4) is 0 Å². The lowest BCUT2D eigenvalue weighted by molar-refractivity contribution is 0.703. The second-order valence-electron chi connectivity index (χ2n) is 3.74. The van der Waals surface area contributed by atoms with Gasteiger partial charge in [0, 0.05) is 23.7 Å². The van der Waals surface area contributed by atoms with E-state index in [4.69, 9.17) is 0 Å². The van der Waals surface area contributed by atoms with Crippen molar-refractivity contribution in [3.05, 3.63) is 23.5 Å². The van der Waals surface area contributed by atoms with Crippen molar-refractivity contribution in [1.82, 2.24) is 9.38 Å². The number of fused-ring (bicyclic) bond motifs is 1. The predicted molar refractivity (Wildman–Crippen MR) is 54.3 cm³/mol. The Morgan fingerprint density at radius 2 is 2.23 bits per heavy atom. The van der Waals surface area contributed by atoms with Gasteiger partial charge in [-0.3, -0.25) is 4.40 Å². The molecule has 2 aromatic heterocycles. The highest BCUT2D eigenvalue weighted by Gasteiger charge is 2.19. The van der Waals surface area contributed by atoms with Gasteiger partial charge in [0.2, 0.25) is 0 Å². The van der Waals surface area contributed by atoms with Crippen LogP contribution in [0.3, 0.4) is 0 Å². The molecule has 0 bridgehead atoms. The van der Waals surface area contributed by atoms with Crippen LogP contribution in [0.2, 0.25) is 0 Å². The van der Waals surface area contributed by atoms with E-state index in [1.165, 1.54) is 31.4 Å². The summed E-state index contributed by atoms with van der Waals surface area (Å²) in [5.41, 5.74) is 1.31. The standard InChI is InChI=1S/C10H12N2S/c1-2-4-8(3-1)9-7-12-5-6-13-10(12)11-9/h5-8H,1-4H2. The monoisotopic (exact) mass is 192 g/mol. The summed E-state index contributed by atoms with van der Waals surface area (Å²) in [5.74, 6) is 0.743. The van der Waals surface area contributed by atoms with Crippen LogP contribution in [0, 0.1) is 0 Å². The first-order valence-corrected chi connectivity index (χ1v) is 5.73. The maximum atomic E-state index is 4.64. The summed E-state index contributed by atoms with van der Waals surface area (Å²) >= 11 is 1.72. The number of nitrogens with zero attached hydrogens (tertiary/aromatic N) is 2. The van der Waals surface area contributed by atoms with Crippen molar-refractivity contribution >= 4 is 16.3 Å².